The van der Waals surface area contributed by atoms with Crippen LogP contribution in [0.1, 0.15) is 27.9 Å². The number of carbonyl (C=O) groups is 1. The Balaban J connectivity index is 1.71. The molecule has 2 aromatic carbocycles. The maximum atomic E-state index is 13.4. The minimum absolute atomic E-state index is 0.282. The van der Waals surface area contributed by atoms with Gasteiger partial charge in [-0.1, -0.05) is 36.4 Å². The van der Waals surface area contributed by atoms with Crippen molar-refractivity contribution in [2.75, 3.05) is 6.54 Å². The van der Waals surface area contributed by atoms with Crippen LogP contribution in [0.3, 0.4) is 0 Å². The predicted octanol–water partition coefficient (Wildman–Crippen LogP) is 3.02. The van der Waals surface area contributed by atoms with Gasteiger partial charge >= 0.3 is 0 Å². The van der Waals surface area contributed by atoms with Gasteiger partial charge in [0.2, 0.25) is 0 Å². The van der Waals surface area contributed by atoms with E-state index in [0.717, 1.165) is 12.8 Å². The van der Waals surface area contributed by atoms with Crippen LogP contribution in [0.5, 0.6) is 0 Å². The molecule has 1 N–H and O–H groups in total. The van der Waals surface area contributed by atoms with Crippen molar-refractivity contribution in [1.29, 1.82) is 0 Å². The van der Waals surface area contributed by atoms with Crippen molar-refractivity contribution in [2.24, 2.45) is 0 Å². The highest BCUT2D eigenvalue weighted by Crippen LogP contribution is 2.08. The second kappa shape index (κ2) is 7.55. The van der Waals surface area contributed by atoms with E-state index >= 15 is 0 Å². The molecule has 0 aliphatic rings. The van der Waals surface area contributed by atoms with Gasteiger partial charge in [0.25, 0.3) is 5.91 Å². The van der Waals surface area contributed by atoms with Crippen molar-refractivity contribution in [2.45, 2.75) is 19.8 Å². The molecular formula is C17H18FN2O. The number of aryl methyl sites for hydroxylation is 2. The molecule has 0 aliphatic carbocycles. The van der Waals surface area contributed by atoms with Crippen molar-refractivity contribution in [3.05, 3.63) is 71.0 Å². The number of hydrogen-bond acceptors (Lipinski definition) is 1. The molecule has 2 aromatic rings. The van der Waals surface area contributed by atoms with Gasteiger partial charge in [-0.25, -0.2) is 4.39 Å². The topological polar surface area (TPSA) is 43.2 Å². The Morgan fingerprint density at radius 1 is 1.19 bits per heavy atom. The first-order valence-electron chi connectivity index (χ1n) is 6.94. The van der Waals surface area contributed by atoms with E-state index in [9.17, 15) is 9.18 Å². The molecule has 1 amide bonds. The highest BCUT2D eigenvalue weighted by molar-refractivity contribution is 5.93. The molecule has 0 saturated carbocycles. The van der Waals surface area contributed by atoms with E-state index in [0.29, 0.717) is 12.1 Å². The van der Waals surface area contributed by atoms with E-state index in [1.165, 1.54) is 11.6 Å². The highest BCUT2D eigenvalue weighted by Gasteiger charge is 2.07. The van der Waals surface area contributed by atoms with Crippen LogP contribution in [0.4, 0.5) is 4.39 Å². The van der Waals surface area contributed by atoms with Gasteiger partial charge < -0.3 is 0 Å². The SMILES string of the molecule is Cc1ccc(C(=O)N[N]CCCc2ccccc2)cc1F. The third-order valence-electron chi connectivity index (χ3n) is 3.19. The largest absolute Gasteiger partial charge is 0.270 e. The number of amides is 1. The summed E-state index contributed by atoms with van der Waals surface area (Å²) in [5.41, 5.74) is 8.50. The monoisotopic (exact) mass is 285 g/mol. The third kappa shape index (κ3) is 4.68. The Morgan fingerprint density at radius 2 is 1.95 bits per heavy atom. The van der Waals surface area contributed by atoms with Crippen molar-refractivity contribution < 1.29 is 9.18 Å². The average molecular weight is 285 g/mol. The summed E-state index contributed by atoms with van der Waals surface area (Å²) < 4.78 is 13.4. The molecule has 0 spiro atoms. The number of benzene rings is 2. The molecule has 2 rings (SSSR count). The maximum Gasteiger partial charge on any atom is 0.266 e. The minimum atomic E-state index is -0.383. The fourth-order valence-electron chi connectivity index (χ4n) is 1.93. The van der Waals surface area contributed by atoms with Crippen molar-refractivity contribution in [1.82, 2.24) is 10.9 Å². The average Bonchev–Trinajstić information content (AvgIpc) is 2.50. The number of carbonyl (C=O) groups excluding carboxylic acids is 1. The van der Waals surface area contributed by atoms with Crippen LogP contribution in [0, 0.1) is 12.7 Å². The first kappa shape index (κ1) is 15.2. The number of nitrogens with zero attached hydrogens (tertiary/aromatic N) is 1. The summed E-state index contributed by atoms with van der Waals surface area (Å²) in [6, 6.07) is 14.5. The lowest BCUT2D eigenvalue weighted by Crippen LogP contribution is -2.32. The fourth-order valence-corrected chi connectivity index (χ4v) is 1.93. The third-order valence-corrected chi connectivity index (χ3v) is 3.19. The van der Waals surface area contributed by atoms with Crippen LogP contribution < -0.4 is 10.9 Å². The normalized spacial score (nSPS) is 10.4. The summed E-state index contributed by atoms with van der Waals surface area (Å²) in [5, 5.41) is 0. The van der Waals surface area contributed by atoms with Gasteiger partial charge in [0.05, 0.1) is 0 Å². The first-order chi connectivity index (χ1) is 10.2. The summed E-state index contributed by atoms with van der Waals surface area (Å²) in [5.74, 6) is -0.764. The standard InChI is InChI=1S/C17H18FN2O/c1-13-9-10-15(12-16(13)18)17(21)20-19-11-5-8-14-6-3-2-4-7-14/h2-4,6-7,9-10,12H,5,8,11H2,1H3,(H,20,21). The summed E-state index contributed by atoms with van der Waals surface area (Å²) >= 11 is 0. The van der Waals surface area contributed by atoms with Crippen LogP contribution in [0.25, 0.3) is 0 Å². The molecule has 0 unspecified atom stereocenters. The van der Waals surface area contributed by atoms with E-state index in [-0.39, 0.29) is 17.3 Å². The van der Waals surface area contributed by atoms with Crippen molar-refractivity contribution in [3.63, 3.8) is 0 Å². The van der Waals surface area contributed by atoms with Crippen LogP contribution in [0.2, 0.25) is 0 Å². The van der Waals surface area contributed by atoms with Gasteiger partial charge in [0.1, 0.15) is 5.82 Å². The van der Waals surface area contributed by atoms with Gasteiger partial charge in [-0.3, -0.25) is 10.2 Å². The minimum Gasteiger partial charge on any atom is -0.270 e. The second-order valence-corrected chi connectivity index (χ2v) is 4.88. The smallest absolute Gasteiger partial charge is 0.266 e. The van der Waals surface area contributed by atoms with Crippen LogP contribution in [0.15, 0.2) is 48.5 Å². The van der Waals surface area contributed by atoms with Gasteiger partial charge in [0, 0.05) is 12.1 Å². The molecule has 4 heteroatoms. The van der Waals surface area contributed by atoms with Gasteiger partial charge in [-0.05, 0) is 43.0 Å². The molecule has 0 heterocycles. The molecule has 0 saturated heterocycles. The van der Waals surface area contributed by atoms with Crippen molar-refractivity contribution in [3.8, 4) is 0 Å². The quantitative estimate of drug-likeness (QED) is 0.643. The molecule has 3 nitrogen and oxygen atoms in total. The molecule has 0 atom stereocenters. The summed E-state index contributed by atoms with van der Waals surface area (Å²) in [6.07, 6.45) is 1.77. The molecule has 0 fully saturated rings. The second-order valence-electron chi connectivity index (χ2n) is 4.88. The van der Waals surface area contributed by atoms with Crippen LogP contribution in [-0.4, -0.2) is 12.5 Å². The summed E-state index contributed by atoms with van der Waals surface area (Å²) in [4.78, 5) is 11.8. The number of rotatable bonds is 6. The lowest BCUT2D eigenvalue weighted by atomic mass is 10.1. The van der Waals surface area contributed by atoms with E-state index in [4.69, 9.17) is 0 Å². The number of nitrogens with one attached hydrogen (secondary N) is 1. The van der Waals surface area contributed by atoms with E-state index in [1.54, 1.807) is 19.1 Å². The Kier molecular flexibility index (Phi) is 5.46. The Morgan fingerprint density at radius 3 is 2.67 bits per heavy atom. The molecule has 0 aliphatic heterocycles. The van der Waals surface area contributed by atoms with Gasteiger partial charge in [0.15, 0.2) is 0 Å². The Hall–Kier alpha value is -2.20. The zero-order valence-electron chi connectivity index (χ0n) is 12.0. The predicted molar refractivity (Wildman–Crippen MR) is 80.4 cm³/mol. The molecule has 0 aromatic heterocycles. The summed E-state index contributed by atoms with van der Waals surface area (Å²) in [7, 11) is 0. The number of hydrogen-bond donors (Lipinski definition) is 1. The van der Waals surface area contributed by atoms with Gasteiger partial charge in [-0.15, -0.1) is 5.43 Å². The van der Waals surface area contributed by atoms with Crippen LogP contribution in [-0.2, 0) is 6.42 Å². The fraction of sp³-hybridized carbons (Fsp3) is 0.235. The van der Waals surface area contributed by atoms with Gasteiger partial charge in [-0.2, -0.15) is 0 Å². The molecule has 1 radical (unpaired) electrons. The molecular weight excluding hydrogens is 267 g/mol. The molecule has 109 valence electrons. The van der Waals surface area contributed by atoms with E-state index in [1.807, 2.05) is 18.2 Å². The highest BCUT2D eigenvalue weighted by atomic mass is 19.1. The first-order valence-corrected chi connectivity index (χ1v) is 6.94. The number of halogens is 1. The Labute approximate surface area is 124 Å². The lowest BCUT2D eigenvalue weighted by Gasteiger charge is -2.06. The lowest BCUT2D eigenvalue weighted by molar-refractivity contribution is 0.0930. The summed E-state index contributed by atoms with van der Waals surface area (Å²) in [6.45, 7) is 2.19. The zero-order chi connectivity index (χ0) is 15.1. The van der Waals surface area contributed by atoms with Crippen LogP contribution >= 0.6 is 0 Å². The van der Waals surface area contributed by atoms with E-state index in [2.05, 4.69) is 23.0 Å². The zero-order valence-corrected chi connectivity index (χ0v) is 12.0. The Bertz CT molecular complexity index is 599. The van der Waals surface area contributed by atoms with E-state index < -0.39 is 0 Å². The maximum absolute atomic E-state index is 13.4. The molecule has 0 bridgehead atoms. The molecule has 21 heavy (non-hydrogen) atoms. The van der Waals surface area contributed by atoms with Crippen molar-refractivity contribution >= 4 is 5.91 Å².